The Labute approximate surface area is 604 Å². The molecule has 3 saturated heterocycles. The van der Waals surface area contributed by atoms with E-state index in [1.807, 2.05) is 74.0 Å². The number of piperazine rings is 3. The fraction of sp³-hybridized carbons (Fsp3) is 0.485. The second kappa shape index (κ2) is 33.0. The Morgan fingerprint density at radius 1 is 0.566 bits per heavy atom. The fourth-order valence-electron chi connectivity index (χ4n) is 12.1. The number of hydrogen-bond acceptors (Lipinski definition) is 16. The van der Waals surface area contributed by atoms with Crippen molar-refractivity contribution in [3.05, 3.63) is 103 Å². The molecule has 536 valence electrons. The third kappa shape index (κ3) is 19.3. The lowest BCUT2D eigenvalue weighted by atomic mass is 9.83. The number of halogens is 6. The molecule has 6 heterocycles. The van der Waals surface area contributed by atoms with E-state index in [1.54, 1.807) is 90.2 Å². The predicted molar refractivity (Wildman–Crippen MR) is 383 cm³/mol. The summed E-state index contributed by atoms with van der Waals surface area (Å²) in [7, 11) is 5.37. The lowest BCUT2D eigenvalue weighted by Gasteiger charge is -2.41. The van der Waals surface area contributed by atoms with Crippen LogP contribution < -0.4 is 31.5 Å². The molecule has 4 amide bonds. The van der Waals surface area contributed by atoms with Crippen LogP contribution >= 0.6 is 69.6 Å². The first kappa shape index (κ1) is 76.8. The van der Waals surface area contributed by atoms with Crippen molar-refractivity contribution in [1.82, 2.24) is 49.4 Å². The van der Waals surface area contributed by atoms with Crippen LogP contribution in [-0.4, -0.2) is 209 Å². The van der Waals surface area contributed by atoms with Gasteiger partial charge in [0, 0.05) is 102 Å². The molecule has 99 heavy (non-hydrogen) atoms. The quantitative estimate of drug-likeness (QED) is 0.0436. The minimum absolute atomic E-state index is 0.00755. The minimum atomic E-state index is -1.15. The Kier molecular flexibility index (Phi) is 25.6. The zero-order valence-electron chi connectivity index (χ0n) is 56.5. The lowest BCUT2D eigenvalue weighted by Crippen LogP contribution is -2.60. The third-order valence-corrected chi connectivity index (χ3v) is 19.3. The van der Waals surface area contributed by atoms with Crippen molar-refractivity contribution in [2.24, 2.45) is 43.5 Å². The number of anilines is 3. The molecule has 27 nitrogen and oxygen atoms in total. The largest absolute Gasteiger partial charge is 0.480 e. The number of aryl methyl sites for hydroxylation is 3. The number of nitrogens with zero attached hydrogens (tertiary/aromatic N) is 13. The van der Waals surface area contributed by atoms with Gasteiger partial charge in [0.2, 0.25) is 11.8 Å². The molecule has 0 spiro atoms. The van der Waals surface area contributed by atoms with E-state index < -0.39 is 65.3 Å². The van der Waals surface area contributed by atoms with Crippen LogP contribution in [0.4, 0.5) is 27.0 Å². The van der Waals surface area contributed by atoms with Gasteiger partial charge >= 0.3 is 24.1 Å². The number of aliphatic hydroxyl groups excluding tert-OH is 1. The van der Waals surface area contributed by atoms with E-state index in [0.717, 1.165) is 49.3 Å². The highest BCUT2D eigenvalue weighted by molar-refractivity contribution is 6.44. The van der Waals surface area contributed by atoms with Crippen LogP contribution in [0.5, 0.6) is 0 Å². The third-order valence-electron chi connectivity index (χ3n) is 16.9. The fourth-order valence-corrected chi connectivity index (χ4v) is 13.3. The van der Waals surface area contributed by atoms with Crippen LogP contribution in [0.2, 0.25) is 30.1 Å². The molecule has 4 fully saturated rings. The number of benzene rings is 3. The van der Waals surface area contributed by atoms with Gasteiger partial charge in [-0.1, -0.05) is 125 Å². The summed E-state index contributed by atoms with van der Waals surface area (Å²) in [6.07, 6.45) is 3.68. The molecule has 3 unspecified atom stereocenters. The minimum Gasteiger partial charge on any atom is -0.480 e. The average Bonchev–Trinajstić information content (AvgIpc) is 1.70. The Bertz CT molecular complexity index is 3940. The maximum absolute atomic E-state index is 13.1. The predicted octanol–water partition coefficient (Wildman–Crippen LogP) is 9.55. The van der Waals surface area contributed by atoms with Crippen LogP contribution in [0, 0.1) is 5.92 Å². The molecule has 4 aliphatic rings. The van der Waals surface area contributed by atoms with Crippen molar-refractivity contribution in [2.45, 2.75) is 109 Å². The molecule has 1 aliphatic carbocycles. The van der Waals surface area contributed by atoms with E-state index in [9.17, 15) is 44.1 Å². The number of guanidine groups is 1. The Morgan fingerprint density at radius 3 is 1.32 bits per heavy atom. The van der Waals surface area contributed by atoms with Gasteiger partial charge in [0.1, 0.15) is 46.8 Å². The number of aliphatic hydroxyl groups is 1. The molecule has 3 aromatic heterocycles. The van der Waals surface area contributed by atoms with Gasteiger partial charge in [-0.05, 0) is 78.5 Å². The van der Waals surface area contributed by atoms with Gasteiger partial charge in [-0.15, -0.1) is 0 Å². The summed E-state index contributed by atoms with van der Waals surface area (Å²) in [6, 6.07) is 18.3. The highest BCUT2D eigenvalue weighted by Crippen LogP contribution is 2.39. The Morgan fingerprint density at radius 2 is 0.939 bits per heavy atom. The van der Waals surface area contributed by atoms with E-state index in [1.165, 1.54) is 9.80 Å². The molecule has 3 aromatic carbocycles. The van der Waals surface area contributed by atoms with E-state index in [0.29, 0.717) is 96.9 Å². The average molecular weight is 1490 g/mol. The number of carbonyl (C=O) groups excluding carboxylic acids is 4. The lowest BCUT2D eigenvalue weighted by molar-refractivity contribution is -0.150. The monoisotopic (exact) mass is 1490 g/mol. The number of nitrogens with one attached hydrogen (secondary N) is 1. The van der Waals surface area contributed by atoms with Crippen molar-refractivity contribution in [2.75, 3.05) is 86.8 Å². The maximum Gasteiger partial charge on any atom is 0.411 e. The molecule has 3 aliphatic heterocycles. The number of aliphatic imine (C=N–C) groups is 1. The summed E-state index contributed by atoms with van der Waals surface area (Å²) in [5.41, 5.74) is 13.9. The number of nitrogens with two attached hydrogens (primary N) is 2. The maximum atomic E-state index is 13.1. The van der Waals surface area contributed by atoms with Crippen molar-refractivity contribution < 1.29 is 53.6 Å². The van der Waals surface area contributed by atoms with Gasteiger partial charge in [0.15, 0.2) is 5.96 Å². The molecule has 1 saturated carbocycles. The molecule has 10 rings (SSSR count). The van der Waals surface area contributed by atoms with Crippen LogP contribution in [0.15, 0.2) is 77.8 Å². The van der Waals surface area contributed by atoms with Crippen LogP contribution in [0.1, 0.15) is 73.6 Å². The zero-order chi connectivity index (χ0) is 72.5. The van der Waals surface area contributed by atoms with Gasteiger partial charge in [-0.2, -0.15) is 15.3 Å². The van der Waals surface area contributed by atoms with Crippen molar-refractivity contribution in [3.63, 3.8) is 0 Å². The first-order chi connectivity index (χ1) is 46.6. The summed E-state index contributed by atoms with van der Waals surface area (Å²) in [6.45, 7) is 13.0. The van der Waals surface area contributed by atoms with Crippen LogP contribution in [0.25, 0.3) is 33.8 Å². The van der Waals surface area contributed by atoms with Crippen molar-refractivity contribution >= 4 is 129 Å². The molecule has 8 N–H and O–H groups in total. The van der Waals surface area contributed by atoms with E-state index in [2.05, 4.69) is 30.5 Å². The topological polar surface area (TPSA) is 331 Å². The van der Waals surface area contributed by atoms with Crippen molar-refractivity contribution in [1.29, 1.82) is 0 Å². The highest BCUT2D eigenvalue weighted by Gasteiger charge is 2.41. The number of hydrogen-bond donors (Lipinski definition) is 6. The Hall–Kier alpha value is -7.92. The normalized spacial score (nSPS) is 17.9. The number of ether oxygens (including phenoxy) is 2. The van der Waals surface area contributed by atoms with E-state index in [4.69, 9.17) is 90.5 Å². The second-order valence-electron chi connectivity index (χ2n) is 26.3. The SMILES string of the molecule is Cn1nc(-c2cccc(Cl)c2Cl)cc1N1CCN(C(=O)CNC(=O)[C@H](N=C(N)N)C2CCCCC2)C(C(=O)O)C1.Cn1nc(-c2cccc(Cl)c2Cl)cc1N1CCN(C(=O)OC(C)(C)C)C(C(=O)O)C1.Cn1nc(-c2cccc(Cl)c2Cl)cc1N1CCN(C(=O)OC(C)(C)C)C(CO)C1. The number of carboxylic acid groups (broad SMARTS) is 2. The summed E-state index contributed by atoms with van der Waals surface area (Å²) in [5, 5.41) is 48.3. The first-order valence-corrected chi connectivity index (χ1v) is 34.3. The van der Waals surface area contributed by atoms with Crippen molar-refractivity contribution in [3.8, 4) is 33.8 Å². The molecule has 4 atom stereocenters. The number of aliphatic carboxylic acids is 2. The highest BCUT2D eigenvalue weighted by atomic mass is 35.5. The molecular formula is C66H84Cl6N16O11. The molecule has 0 bridgehead atoms. The number of amides is 4. The summed E-state index contributed by atoms with van der Waals surface area (Å²) in [5.74, 6) is -1.11. The molecule has 6 aromatic rings. The smallest absolute Gasteiger partial charge is 0.411 e. The molecular weight excluding hydrogens is 1410 g/mol. The van der Waals surface area contributed by atoms with E-state index >= 15 is 0 Å². The zero-order valence-corrected chi connectivity index (χ0v) is 61.0. The van der Waals surface area contributed by atoms with Gasteiger partial charge in [-0.3, -0.25) is 33.4 Å². The number of rotatable bonds is 14. The van der Waals surface area contributed by atoms with Gasteiger partial charge in [-0.25, -0.2) is 24.2 Å². The number of carboxylic acids is 2. The van der Waals surface area contributed by atoms with Crippen LogP contribution in [-0.2, 0) is 49.8 Å². The standard InChI is InChI=1S/C26H34Cl2N8O4.C20H24Cl2N4O4.C20H26Cl2N4O3/c1-34-20(12-18(33-34)16-8-5-9-17(27)22(16)28)35-10-11-36(19(14-35)25(39)40)21(37)13-31-24(38)23(32-26(29)30)15-6-3-2-4-7-15;1-20(2,3)30-19(29)26-9-8-25(11-15(26)18(27)28)16-10-14(23-24(16)4)12-6-5-7-13(21)17(12)22;1-20(2,3)29-19(28)26-9-8-25(11-13(26)12-27)17-10-16(23-24(17)4)14-6-5-7-15(21)18(14)22/h5,8-9,12,15,19,23H,2-4,6-7,10-11,13-14H2,1H3,(H,31,38)(H,39,40)(H4,29,30,32);5-7,10,15H,8-9,11H2,1-4H3,(H,27,28);5-7,10,13,27H,8-9,11-12H2,1-4H3/t19?,23-;;/m1../s1. The van der Waals surface area contributed by atoms with Gasteiger partial charge in [0.05, 0.1) is 79.5 Å². The summed E-state index contributed by atoms with van der Waals surface area (Å²) in [4.78, 5) is 89.2. The van der Waals surface area contributed by atoms with Gasteiger partial charge in [0.25, 0.3) is 0 Å². The molecule has 0 radical (unpaired) electrons. The van der Waals surface area contributed by atoms with Gasteiger partial charge < -0.3 is 61.2 Å². The Balaban J connectivity index is 0.000000193. The van der Waals surface area contributed by atoms with E-state index in [-0.39, 0.29) is 57.2 Å². The summed E-state index contributed by atoms with van der Waals surface area (Å²) >= 11 is 37.4. The summed E-state index contributed by atoms with van der Waals surface area (Å²) < 4.78 is 15.9. The first-order valence-electron chi connectivity index (χ1n) is 32.1. The second-order valence-corrected chi connectivity index (χ2v) is 28.6. The number of carbonyl (C=O) groups is 6. The molecule has 33 heteroatoms. The van der Waals surface area contributed by atoms with Crippen LogP contribution in [0.3, 0.4) is 0 Å². The number of aromatic nitrogens is 6.